The van der Waals surface area contributed by atoms with Crippen LogP contribution in [0.15, 0.2) is 22.8 Å². The summed E-state index contributed by atoms with van der Waals surface area (Å²) in [6.07, 6.45) is 8.63. The molecule has 0 N–H and O–H groups in total. The number of nitrogens with zero attached hydrogens (tertiary/aromatic N) is 2. The van der Waals surface area contributed by atoms with E-state index in [0.29, 0.717) is 24.5 Å². The molecule has 2 unspecified atom stereocenters. The zero-order valence-corrected chi connectivity index (χ0v) is 18.4. The number of likely N-dealkylation sites (tertiary alicyclic amines) is 1. The van der Waals surface area contributed by atoms with Gasteiger partial charge in [0.25, 0.3) is 0 Å². The van der Waals surface area contributed by atoms with Gasteiger partial charge in [-0.1, -0.05) is 0 Å². The lowest BCUT2D eigenvalue weighted by atomic mass is 9.95. The van der Waals surface area contributed by atoms with E-state index in [1.165, 1.54) is 17.5 Å². The summed E-state index contributed by atoms with van der Waals surface area (Å²) in [5.41, 5.74) is 4.83. The maximum absolute atomic E-state index is 13.0. The Balaban J connectivity index is 1.16. The standard InChI is InChI=1S/C25H34N2O3/c1-17-13-26(14-18(2)30-17)15-19-6-8-27(9-7-19)25(28)12-22-16-29-24-11-21-5-3-4-20(21)10-23(22)24/h10-11,16-19H,3-9,12-15H2,1-2H3. The molecule has 0 spiro atoms. The van der Waals surface area contributed by atoms with Crippen molar-refractivity contribution in [2.45, 2.75) is 64.6 Å². The lowest BCUT2D eigenvalue weighted by molar-refractivity contribution is -0.132. The third kappa shape index (κ3) is 4.15. The quantitative estimate of drug-likeness (QED) is 0.769. The fraction of sp³-hybridized carbons (Fsp3) is 0.640. The molecule has 3 heterocycles. The van der Waals surface area contributed by atoms with Gasteiger partial charge < -0.3 is 14.1 Å². The SMILES string of the molecule is CC1CN(CC2CCN(C(=O)Cc3coc4cc5c(cc34)CCC5)CC2)CC(C)O1. The predicted molar refractivity (Wildman–Crippen MR) is 118 cm³/mol. The number of fused-ring (bicyclic) bond motifs is 2. The number of rotatable bonds is 4. The van der Waals surface area contributed by atoms with E-state index in [4.69, 9.17) is 9.15 Å². The molecule has 0 radical (unpaired) electrons. The Labute approximate surface area is 179 Å². The highest BCUT2D eigenvalue weighted by Gasteiger charge is 2.28. The molecule has 1 aliphatic carbocycles. The average molecular weight is 411 g/mol. The summed E-state index contributed by atoms with van der Waals surface area (Å²) in [6.45, 7) is 9.28. The van der Waals surface area contributed by atoms with Crippen LogP contribution in [0.4, 0.5) is 0 Å². The minimum Gasteiger partial charge on any atom is -0.464 e. The fourth-order valence-corrected chi connectivity index (χ4v) is 5.72. The summed E-state index contributed by atoms with van der Waals surface area (Å²) in [4.78, 5) is 17.6. The molecule has 1 amide bonds. The fourth-order valence-electron chi connectivity index (χ4n) is 5.72. The number of hydrogen-bond acceptors (Lipinski definition) is 4. The monoisotopic (exact) mass is 410 g/mol. The maximum atomic E-state index is 13.0. The molecule has 2 aromatic rings. The van der Waals surface area contributed by atoms with Crippen LogP contribution in [-0.2, 0) is 28.8 Å². The van der Waals surface area contributed by atoms with Crippen LogP contribution in [0, 0.1) is 5.92 Å². The molecule has 5 nitrogen and oxygen atoms in total. The van der Waals surface area contributed by atoms with Gasteiger partial charge in [0.2, 0.25) is 5.91 Å². The van der Waals surface area contributed by atoms with Gasteiger partial charge in [0.1, 0.15) is 5.58 Å². The largest absolute Gasteiger partial charge is 0.464 e. The van der Waals surface area contributed by atoms with E-state index in [0.717, 1.165) is 74.9 Å². The number of furan rings is 1. The molecular weight excluding hydrogens is 376 g/mol. The molecule has 5 heteroatoms. The van der Waals surface area contributed by atoms with Gasteiger partial charge >= 0.3 is 0 Å². The van der Waals surface area contributed by atoms with Gasteiger partial charge in [-0.15, -0.1) is 0 Å². The first-order valence-corrected chi connectivity index (χ1v) is 11.7. The molecule has 0 bridgehead atoms. The molecule has 162 valence electrons. The topological polar surface area (TPSA) is 45.9 Å². The van der Waals surface area contributed by atoms with Crippen molar-refractivity contribution in [1.82, 2.24) is 9.80 Å². The highest BCUT2D eigenvalue weighted by Crippen LogP contribution is 2.31. The molecule has 30 heavy (non-hydrogen) atoms. The predicted octanol–water partition coefficient (Wildman–Crippen LogP) is 3.81. The van der Waals surface area contributed by atoms with Gasteiger partial charge in [-0.25, -0.2) is 0 Å². The van der Waals surface area contributed by atoms with Crippen LogP contribution in [0.25, 0.3) is 11.0 Å². The number of piperidine rings is 1. The van der Waals surface area contributed by atoms with E-state index < -0.39 is 0 Å². The Bertz CT molecular complexity index is 902. The number of carbonyl (C=O) groups is 1. The minimum absolute atomic E-state index is 0.241. The Kier molecular flexibility index (Phi) is 5.59. The molecule has 5 rings (SSSR count). The number of morpholine rings is 1. The molecule has 3 aliphatic rings. The second-order valence-corrected chi connectivity index (χ2v) is 9.71. The normalized spacial score (nSPS) is 25.7. The van der Waals surface area contributed by atoms with Crippen LogP contribution in [0.1, 0.15) is 49.8 Å². The van der Waals surface area contributed by atoms with Crippen molar-refractivity contribution in [3.8, 4) is 0 Å². The zero-order valence-electron chi connectivity index (χ0n) is 18.4. The van der Waals surface area contributed by atoms with Crippen LogP contribution in [0.5, 0.6) is 0 Å². The highest BCUT2D eigenvalue weighted by molar-refractivity contribution is 5.88. The number of aryl methyl sites for hydroxylation is 2. The summed E-state index contributed by atoms with van der Waals surface area (Å²) in [7, 11) is 0. The van der Waals surface area contributed by atoms with Crippen LogP contribution in [0.2, 0.25) is 0 Å². The lowest BCUT2D eigenvalue weighted by Gasteiger charge is -2.39. The molecule has 2 saturated heterocycles. The lowest BCUT2D eigenvalue weighted by Crippen LogP contribution is -2.48. The van der Waals surface area contributed by atoms with E-state index in [2.05, 4.69) is 35.8 Å². The number of carbonyl (C=O) groups excluding carboxylic acids is 1. The third-order valence-electron chi connectivity index (χ3n) is 7.19. The molecular formula is C25H34N2O3. The molecule has 1 aromatic heterocycles. The summed E-state index contributed by atoms with van der Waals surface area (Å²) in [6, 6.07) is 4.45. The van der Waals surface area contributed by atoms with Gasteiger partial charge in [-0.05, 0) is 75.1 Å². The Hall–Kier alpha value is -1.85. The third-order valence-corrected chi connectivity index (χ3v) is 7.19. The Morgan fingerprint density at radius 1 is 1.07 bits per heavy atom. The van der Waals surface area contributed by atoms with E-state index in [-0.39, 0.29) is 5.91 Å². The zero-order chi connectivity index (χ0) is 20.7. The second-order valence-electron chi connectivity index (χ2n) is 9.71. The number of hydrogen-bond donors (Lipinski definition) is 0. The Morgan fingerprint density at radius 2 is 1.77 bits per heavy atom. The van der Waals surface area contributed by atoms with Crippen molar-refractivity contribution in [3.63, 3.8) is 0 Å². The van der Waals surface area contributed by atoms with E-state index >= 15 is 0 Å². The van der Waals surface area contributed by atoms with Crippen LogP contribution in [-0.4, -0.2) is 60.6 Å². The van der Waals surface area contributed by atoms with Gasteiger partial charge in [-0.3, -0.25) is 9.69 Å². The van der Waals surface area contributed by atoms with Crippen molar-refractivity contribution in [2.24, 2.45) is 5.92 Å². The molecule has 2 atom stereocenters. The van der Waals surface area contributed by atoms with Gasteiger partial charge in [0.05, 0.1) is 24.9 Å². The van der Waals surface area contributed by atoms with Gasteiger partial charge in [0, 0.05) is 43.7 Å². The van der Waals surface area contributed by atoms with E-state index in [1.54, 1.807) is 6.26 Å². The van der Waals surface area contributed by atoms with Gasteiger partial charge in [0.15, 0.2) is 0 Å². The van der Waals surface area contributed by atoms with E-state index in [1.807, 2.05) is 0 Å². The van der Waals surface area contributed by atoms with Crippen molar-refractivity contribution < 1.29 is 13.9 Å². The number of ether oxygens (including phenoxy) is 1. The average Bonchev–Trinajstić information content (AvgIpc) is 3.32. The number of benzene rings is 1. The van der Waals surface area contributed by atoms with Crippen LogP contribution in [0.3, 0.4) is 0 Å². The van der Waals surface area contributed by atoms with Crippen molar-refractivity contribution >= 4 is 16.9 Å². The first kappa shape index (κ1) is 20.1. The number of amides is 1. The summed E-state index contributed by atoms with van der Waals surface area (Å²) < 4.78 is 11.7. The minimum atomic E-state index is 0.241. The first-order chi connectivity index (χ1) is 14.5. The Morgan fingerprint density at radius 3 is 2.50 bits per heavy atom. The maximum Gasteiger partial charge on any atom is 0.227 e. The summed E-state index contributed by atoms with van der Waals surface area (Å²) in [5, 5.41) is 1.13. The van der Waals surface area contributed by atoms with Crippen molar-refractivity contribution in [2.75, 3.05) is 32.7 Å². The molecule has 2 fully saturated rings. The van der Waals surface area contributed by atoms with Crippen LogP contribution < -0.4 is 0 Å². The van der Waals surface area contributed by atoms with Crippen molar-refractivity contribution in [1.29, 1.82) is 0 Å². The highest BCUT2D eigenvalue weighted by atomic mass is 16.5. The van der Waals surface area contributed by atoms with Crippen molar-refractivity contribution in [3.05, 3.63) is 35.1 Å². The molecule has 0 saturated carbocycles. The summed E-state index contributed by atoms with van der Waals surface area (Å²) >= 11 is 0. The smallest absolute Gasteiger partial charge is 0.227 e. The molecule has 1 aromatic carbocycles. The molecule has 2 aliphatic heterocycles. The van der Waals surface area contributed by atoms with E-state index in [9.17, 15) is 4.79 Å². The summed E-state index contributed by atoms with van der Waals surface area (Å²) in [5.74, 6) is 0.925. The second kappa shape index (κ2) is 8.35. The van der Waals surface area contributed by atoms with Crippen LogP contribution >= 0.6 is 0 Å². The first-order valence-electron chi connectivity index (χ1n) is 11.7. The van der Waals surface area contributed by atoms with Gasteiger partial charge in [-0.2, -0.15) is 0 Å².